The van der Waals surface area contributed by atoms with E-state index in [1.807, 2.05) is 0 Å². The maximum Gasteiger partial charge on any atom is 0.303 e. The van der Waals surface area contributed by atoms with E-state index in [4.69, 9.17) is 9.84 Å². The molecule has 1 aromatic rings. The van der Waals surface area contributed by atoms with Gasteiger partial charge in [0.2, 0.25) is 0 Å². The zero-order valence-electron chi connectivity index (χ0n) is 12.6. The molecule has 1 saturated heterocycles. The molecule has 0 saturated carbocycles. The zero-order chi connectivity index (χ0) is 16.4. The molecule has 0 atom stereocenters. The number of carboxylic acids is 1. The summed E-state index contributed by atoms with van der Waals surface area (Å²) in [6.45, 7) is 1.07. The molecular formula is C16H18N2O5. The summed E-state index contributed by atoms with van der Waals surface area (Å²) in [5, 5.41) is 11.5. The lowest BCUT2D eigenvalue weighted by Crippen LogP contribution is -2.39. The lowest BCUT2D eigenvalue weighted by molar-refractivity contribution is -0.138. The van der Waals surface area contributed by atoms with Crippen molar-refractivity contribution in [2.24, 2.45) is 5.92 Å². The molecule has 2 N–H and O–H groups in total. The van der Waals surface area contributed by atoms with Gasteiger partial charge in [0, 0.05) is 25.1 Å². The number of anilines is 1. The second-order valence-corrected chi connectivity index (χ2v) is 5.88. The van der Waals surface area contributed by atoms with Crippen LogP contribution in [0.3, 0.4) is 0 Å². The number of carboxylic acid groups (broad SMARTS) is 1. The van der Waals surface area contributed by atoms with Gasteiger partial charge >= 0.3 is 5.97 Å². The zero-order valence-corrected chi connectivity index (χ0v) is 12.6. The van der Waals surface area contributed by atoms with Crippen LogP contribution in [0.1, 0.15) is 29.6 Å². The average molecular weight is 318 g/mol. The van der Waals surface area contributed by atoms with Gasteiger partial charge in [-0.1, -0.05) is 0 Å². The molecule has 1 aromatic carbocycles. The van der Waals surface area contributed by atoms with Crippen LogP contribution in [-0.2, 0) is 9.59 Å². The summed E-state index contributed by atoms with van der Waals surface area (Å²) in [6.07, 6.45) is 1.57. The molecule has 1 fully saturated rings. The first-order valence-corrected chi connectivity index (χ1v) is 7.60. The van der Waals surface area contributed by atoms with Gasteiger partial charge in [-0.3, -0.25) is 14.4 Å². The van der Waals surface area contributed by atoms with Crippen molar-refractivity contribution in [3.63, 3.8) is 0 Å². The van der Waals surface area contributed by atoms with E-state index in [0.29, 0.717) is 42.9 Å². The van der Waals surface area contributed by atoms with Gasteiger partial charge in [-0.25, -0.2) is 0 Å². The molecule has 0 aromatic heterocycles. The summed E-state index contributed by atoms with van der Waals surface area (Å²) in [4.78, 5) is 36.3. The predicted octanol–water partition coefficient (Wildman–Crippen LogP) is 1.34. The molecular weight excluding hydrogens is 300 g/mol. The number of hydrogen-bond donors (Lipinski definition) is 2. The number of benzene rings is 1. The van der Waals surface area contributed by atoms with Crippen LogP contribution < -0.4 is 10.1 Å². The largest absolute Gasteiger partial charge is 0.482 e. The van der Waals surface area contributed by atoms with Gasteiger partial charge in [0.1, 0.15) is 5.75 Å². The Kier molecular flexibility index (Phi) is 4.18. The number of hydrogen-bond acceptors (Lipinski definition) is 4. The van der Waals surface area contributed by atoms with E-state index in [-0.39, 0.29) is 30.8 Å². The van der Waals surface area contributed by atoms with E-state index in [1.165, 1.54) is 0 Å². The predicted molar refractivity (Wildman–Crippen MR) is 81.4 cm³/mol. The minimum atomic E-state index is -0.788. The molecule has 0 unspecified atom stereocenters. The second-order valence-electron chi connectivity index (χ2n) is 5.88. The van der Waals surface area contributed by atoms with E-state index in [1.54, 1.807) is 23.1 Å². The summed E-state index contributed by atoms with van der Waals surface area (Å²) in [5.74, 6) is -0.461. The molecule has 2 heterocycles. The van der Waals surface area contributed by atoms with Crippen molar-refractivity contribution < 1.29 is 24.2 Å². The Labute approximate surface area is 133 Å². The molecule has 7 heteroatoms. The Morgan fingerprint density at radius 2 is 2.04 bits per heavy atom. The van der Waals surface area contributed by atoms with Crippen LogP contribution in [0.4, 0.5) is 5.69 Å². The Morgan fingerprint density at radius 3 is 2.74 bits per heavy atom. The Hall–Kier alpha value is -2.57. The number of piperidine rings is 1. The Morgan fingerprint density at radius 1 is 1.30 bits per heavy atom. The highest BCUT2D eigenvalue weighted by Gasteiger charge is 2.26. The maximum absolute atomic E-state index is 12.5. The second kappa shape index (κ2) is 6.28. The van der Waals surface area contributed by atoms with Crippen LogP contribution in [0.25, 0.3) is 0 Å². The van der Waals surface area contributed by atoms with Crippen LogP contribution in [-0.4, -0.2) is 47.5 Å². The molecule has 122 valence electrons. The number of nitrogens with zero attached hydrogens (tertiary/aromatic N) is 1. The summed E-state index contributed by atoms with van der Waals surface area (Å²) in [6, 6.07) is 4.97. The molecule has 3 rings (SSSR count). The van der Waals surface area contributed by atoms with Gasteiger partial charge in [0.25, 0.3) is 11.8 Å². The molecule has 23 heavy (non-hydrogen) atoms. The number of carbonyl (C=O) groups excluding carboxylic acids is 2. The monoisotopic (exact) mass is 318 g/mol. The highest BCUT2D eigenvalue weighted by Crippen LogP contribution is 2.29. The van der Waals surface area contributed by atoms with Crippen LogP contribution in [0.2, 0.25) is 0 Å². The molecule has 2 amide bonds. The average Bonchev–Trinajstić information content (AvgIpc) is 2.54. The standard InChI is InChI=1S/C16H18N2O5/c19-14-9-23-13-8-11(1-2-12(13)17-14)16(22)18-5-3-10(4-6-18)7-15(20)21/h1-2,8,10H,3-7,9H2,(H,17,19)(H,20,21). The smallest absolute Gasteiger partial charge is 0.303 e. The SMILES string of the molecule is O=C(O)CC1CCN(C(=O)c2ccc3c(c2)OCC(=O)N3)CC1. The van der Waals surface area contributed by atoms with Gasteiger partial charge < -0.3 is 20.1 Å². The fraction of sp³-hybridized carbons (Fsp3) is 0.438. The quantitative estimate of drug-likeness (QED) is 0.877. The number of carbonyl (C=O) groups is 3. The van der Waals surface area contributed by atoms with E-state index < -0.39 is 5.97 Å². The van der Waals surface area contributed by atoms with Crippen molar-refractivity contribution in [1.29, 1.82) is 0 Å². The fourth-order valence-corrected chi connectivity index (χ4v) is 2.98. The van der Waals surface area contributed by atoms with E-state index in [2.05, 4.69) is 5.32 Å². The number of aliphatic carboxylic acids is 1. The molecule has 0 radical (unpaired) electrons. The summed E-state index contributed by atoms with van der Waals surface area (Å²) >= 11 is 0. The normalized spacial score (nSPS) is 17.9. The highest BCUT2D eigenvalue weighted by atomic mass is 16.5. The van der Waals surface area contributed by atoms with E-state index >= 15 is 0 Å². The number of nitrogens with one attached hydrogen (secondary N) is 1. The minimum Gasteiger partial charge on any atom is -0.482 e. The van der Waals surface area contributed by atoms with E-state index in [9.17, 15) is 14.4 Å². The Balaban J connectivity index is 1.65. The lowest BCUT2D eigenvalue weighted by Gasteiger charge is -2.31. The van der Waals surface area contributed by atoms with Crippen molar-refractivity contribution >= 4 is 23.5 Å². The van der Waals surface area contributed by atoms with Gasteiger partial charge in [-0.05, 0) is 37.0 Å². The summed E-state index contributed by atoms with van der Waals surface area (Å²) in [5.41, 5.74) is 1.08. The van der Waals surface area contributed by atoms with Crippen molar-refractivity contribution in [2.45, 2.75) is 19.3 Å². The first-order chi connectivity index (χ1) is 11.0. The summed E-state index contributed by atoms with van der Waals surface area (Å²) in [7, 11) is 0. The number of fused-ring (bicyclic) bond motifs is 1. The van der Waals surface area contributed by atoms with E-state index in [0.717, 1.165) is 0 Å². The number of likely N-dealkylation sites (tertiary alicyclic amines) is 1. The topological polar surface area (TPSA) is 95.9 Å². The Bertz CT molecular complexity index is 650. The third kappa shape index (κ3) is 3.44. The molecule has 7 nitrogen and oxygen atoms in total. The van der Waals surface area contributed by atoms with Crippen molar-refractivity contribution in [1.82, 2.24) is 4.90 Å². The third-order valence-electron chi connectivity index (χ3n) is 4.23. The van der Waals surface area contributed by atoms with Gasteiger partial charge in [-0.2, -0.15) is 0 Å². The van der Waals surface area contributed by atoms with Gasteiger partial charge in [0.15, 0.2) is 6.61 Å². The number of ether oxygens (including phenoxy) is 1. The van der Waals surface area contributed by atoms with Crippen LogP contribution in [0.5, 0.6) is 5.75 Å². The minimum absolute atomic E-state index is 0.0504. The van der Waals surface area contributed by atoms with Crippen molar-refractivity contribution in [2.75, 3.05) is 25.0 Å². The first-order valence-electron chi connectivity index (χ1n) is 7.60. The maximum atomic E-state index is 12.5. The van der Waals surface area contributed by atoms with Gasteiger partial charge in [-0.15, -0.1) is 0 Å². The van der Waals surface area contributed by atoms with Crippen molar-refractivity contribution in [3.05, 3.63) is 23.8 Å². The fourth-order valence-electron chi connectivity index (χ4n) is 2.98. The highest BCUT2D eigenvalue weighted by molar-refractivity contribution is 5.99. The summed E-state index contributed by atoms with van der Waals surface area (Å²) < 4.78 is 5.33. The molecule has 2 aliphatic heterocycles. The number of amides is 2. The molecule has 0 aliphatic carbocycles. The molecule has 2 aliphatic rings. The van der Waals surface area contributed by atoms with Gasteiger partial charge in [0.05, 0.1) is 5.69 Å². The first kappa shape index (κ1) is 15.3. The molecule has 0 bridgehead atoms. The third-order valence-corrected chi connectivity index (χ3v) is 4.23. The number of rotatable bonds is 3. The van der Waals surface area contributed by atoms with Crippen LogP contribution >= 0.6 is 0 Å². The lowest BCUT2D eigenvalue weighted by atomic mass is 9.93. The molecule has 0 spiro atoms. The van der Waals surface area contributed by atoms with Crippen molar-refractivity contribution in [3.8, 4) is 5.75 Å². The van der Waals surface area contributed by atoms with Crippen LogP contribution in [0, 0.1) is 5.92 Å². The van der Waals surface area contributed by atoms with Crippen LogP contribution in [0.15, 0.2) is 18.2 Å².